The van der Waals surface area contributed by atoms with E-state index in [4.69, 9.17) is 0 Å². The van der Waals surface area contributed by atoms with Gasteiger partial charge < -0.3 is 36.5 Å². The van der Waals surface area contributed by atoms with Crippen molar-refractivity contribution in [2.24, 2.45) is 5.92 Å². The first-order valence-electron chi connectivity index (χ1n) is 12.7. The molecule has 3 amide bonds. The highest BCUT2D eigenvalue weighted by atomic mass is 16.4. The topological polar surface area (TPSA) is 173 Å². The number of hydrogen-bond donors (Lipinski definition) is 7. The summed E-state index contributed by atoms with van der Waals surface area (Å²) in [4.78, 5) is 54.1. The Morgan fingerprint density at radius 3 is 2.41 bits per heavy atom. The Morgan fingerprint density at radius 1 is 1.05 bits per heavy atom. The molecule has 1 aliphatic rings. The molecule has 0 aliphatic carbocycles. The van der Waals surface area contributed by atoms with Crippen LogP contribution >= 0.6 is 0 Å². The number of aliphatic carboxylic acids is 1. The molecule has 1 saturated heterocycles. The van der Waals surface area contributed by atoms with Crippen molar-refractivity contribution >= 4 is 34.6 Å². The average molecular weight is 516 g/mol. The molecule has 6 atom stereocenters. The molecule has 0 spiro atoms. The number of para-hydroxylation sites is 1. The molecule has 7 N–H and O–H groups in total. The predicted molar refractivity (Wildman–Crippen MR) is 138 cm³/mol. The molecule has 2 heterocycles. The number of carboxylic acids is 1. The highest BCUT2D eigenvalue weighted by molar-refractivity contribution is 5.95. The van der Waals surface area contributed by atoms with Crippen LogP contribution in [0.2, 0.25) is 0 Å². The fourth-order valence-electron chi connectivity index (χ4n) is 4.50. The maximum atomic E-state index is 13.3. The molecule has 1 aromatic heterocycles. The van der Waals surface area contributed by atoms with Crippen LogP contribution in [0, 0.1) is 5.92 Å². The van der Waals surface area contributed by atoms with Crippen LogP contribution < -0.4 is 21.3 Å². The predicted octanol–water partition coefficient (Wildman–Crippen LogP) is 0.428. The number of rotatable bonds is 12. The third kappa shape index (κ3) is 7.07. The van der Waals surface area contributed by atoms with Gasteiger partial charge in [-0.1, -0.05) is 38.5 Å². The number of aromatic amines is 1. The van der Waals surface area contributed by atoms with E-state index in [1.807, 2.05) is 31.2 Å². The molecule has 11 heteroatoms. The second-order valence-corrected chi connectivity index (χ2v) is 9.71. The quantitative estimate of drug-likeness (QED) is 0.215. The van der Waals surface area contributed by atoms with Gasteiger partial charge in [-0.05, 0) is 43.9 Å². The third-order valence-electron chi connectivity index (χ3n) is 6.95. The molecule has 11 nitrogen and oxygen atoms in total. The maximum Gasteiger partial charge on any atom is 0.326 e. The zero-order valence-corrected chi connectivity index (χ0v) is 21.4. The Morgan fingerprint density at radius 2 is 1.78 bits per heavy atom. The standard InChI is InChI=1S/C26H37N5O6/c1-4-14(2)21(26(36)37)30-24(34)20(12-16-13-28-18-9-6-5-8-17(16)18)29-25(35)22(15(3)32)31-23(33)19-10-7-11-27-19/h5-6,8-9,13-15,19-22,27-28,32H,4,7,10-12H2,1-3H3,(H,29,35)(H,30,34)(H,31,33)(H,36,37). The molecule has 2 aromatic rings. The first-order chi connectivity index (χ1) is 17.6. The van der Waals surface area contributed by atoms with Crippen molar-refractivity contribution in [3.8, 4) is 0 Å². The van der Waals surface area contributed by atoms with Crippen molar-refractivity contribution in [2.75, 3.05) is 6.54 Å². The number of nitrogens with one attached hydrogen (secondary N) is 5. The summed E-state index contributed by atoms with van der Waals surface area (Å²) >= 11 is 0. The zero-order valence-electron chi connectivity index (χ0n) is 21.4. The molecule has 0 radical (unpaired) electrons. The van der Waals surface area contributed by atoms with Crippen LogP contribution in [0.1, 0.15) is 45.6 Å². The van der Waals surface area contributed by atoms with E-state index in [1.54, 1.807) is 13.1 Å². The SMILES string of the molecule is CCC(C)C(NC(=O)C(Cc1c[nH]c2ccccc12)NC(=O)C(NC(=O)C1CCCN1)C(C)O)C(=O)O. The van der Waals surface area contributed by atoms with Crippen LogP contribution in [0.3, 0.4) is 0 Å². The summed E-state index contributed by atoms with van der Waals surface area (Å²) in [5.74, 6) is -3.32. The van der Waals surface area contributed by atoms with Gasteiger partial charge in [0.15, 0.2) is 0 Å². The normalized spacial score (nSPS) is 19.4. The fraction of sp³-hybridized carbons (Fsp3) is 0.538. The van der Waals surface area contributed by atoms with Crippen molar-refractivity contribution in [3.05, 3.63) is 36.0 Å². The van der Waals surface area contributed by atoms with Crippen LogP contribution in [0.15, 0.2) is 30.5 Å². The van der Waals surface area contributed by atoms with Gasteiger partial charge in [0.25, 0.3) is 0 Å². The number of hydrogen-bond acceptors (Lipinski definition) is 6. The second-order valence-electron chi connectivity index (χ2n) is 9.71. The Kier molecular flexibility index (Phi) is 9.65. The molecule has 37 heavy (non-hydrogen) atoms. The molecule has 3 rings (SSSR count). The average Bonchev–Trinajstić information content (AvgIpc) is 3.55. The lowest BCUT2D eigenvalue weighted by atomic mass is 9.97. The molecule has 0 bridgehead atoms. The minimum absolute atomic E-state index is 0.0685. The van der Waals surface area contributed by atoms with Gasteiger partial charge in [0.05, 0.1) is 12.1 Å². The Labute approximate surface area is 215 Å². The highest BCUT2D eigenvalue weighted by Crippen LogP contribution is 2.20. The van der Waals surface area contributed by atoms with E-state index in [0.29, 0.717) is 19.4 Å². The molecule has 1 fully saturated rings. The van der Waals surface area contributed by atoms with Gasteiger partial charge in [-0.3, -0.25) is 14.4 Å². The lowest BCUT2D eigenvalue weighted by molar-refractivity contribution is -0.144. The van der Waals surface area contributed by atoms with E-state index in [1.165, 1.54) is 6.92 Å². The first-order valence-corrected chi connectivity index (χ1v) is 12.7. The smallest absolute Gasteiger partial charge is 0.326 e. The number of fused-ring (bicyclic) bond motifs is 1. The van der Waals surface area contributed by atoms with Crippen LogP contribution in [-0.2, 0) is 25.6 Å². The number of amides is 3. The van der Waals surface area contributed by atoms with E-state index in [2.05, 4.69) is 26.3 Å². The number of aliphatic hydroxyl groups is 1. The minimum Gasteiger partial charge on any atom is -0.480 e. The number of carbonyl (C=O) groups excluding carboxylic acids is 3. The van der Waals surface area contributed by atoms with Gasteiger partial charge in [0, 0.05) is 23.5 Å². The van der Waals surface area contributed by atoms with Gasteiger partial charge >= 0.3 is 5.97 Å². The van der Waals surface area contributed by atoms with Gasteiger partial charge in [-0.2, -0.15) is 0 Å². The molecule has 0 saturated carbocycles. The number of benzene rings is 1. The molecule has 1 aliphatic heterocycles. The van der Waals surface area contributed by atoms with Crippen LogP contribution in [0.25, 0.3) is 10.9 Å². The van der Waals surface area contributed by atoms with E-state index in [9.17, 15) is 29.4 Å². The second kappa shape index (κ2) is 12.7. The molecule has 6 unspecified atom stereocenters. The number of aliphatic hydroxyl groups excluding tert-OH is 1. The number of carbonyl (C=O) groups is 4. The zero-order chi connectivity index (χ0) is 27.1. The molecule has 202 valence electrons. The lowest BCUT2D eigenvalue weighted by Crippen LogP contribution is -2.60. The van der Waals surface area contributed by atoms with Gasteiger partial charge in [0.1, 0.15) is 18.1 Å². The van der Waals surface area contributed by atoms with Crippen LogP contribution in [0.5, 0.6) is 0 Å². The van der Waals surface area contributed by atoms with Crippen LogP contribution in [-0.4, -0.2) is 75.7 Å². The Bertz CT molecular complexity index is 1110. The largest absolute Gasteiger partial charge is 0.480 e. The van der Waals surface area contributed by atoms with Gasteiger partial charge in [-0.15, -0.1) is 0 Å². The summed E-state index contributed by atoms with van der Waals surface area (Å²) in [5, 5.41) is 31.6. The van der Waals surface area contributed by atoms with E-state index in [0.717, 1.165) is 22.9 Å². The Balaban J connectivity index is 1.83. The number of H-pyrrole nitrogens is 1. The van der Waals surface area contributed by atoms with Crippen LogP contribution in [0.4, 0.5) is 0 Å². The summed E-state index contributed by atoms with van der Waals surface area (Å²) in [6.07, 6.45) is 2.56. The van der Waals surface area contributed by atoms with Crippen molar-refractivity contribution in [3.63, 3.8) is 0 Å². The lowest BCUT2D eigenvalue weighted by Gasteiger charge is -2.27. The first kappa shape index (κ1) is 28.1. The van der Waals surface area contributed by atoms with Gasteiger partial charge in [-0.25, -0.2) is 4.79 Å². The minimum atomic E-state index is -1.29. The maximum absolute atomic E-state index is 13.3. The summed E-state index contributed by atoms with van der Waals surface area (Å²) in [6, 6.07) is 3.45. The molecular formula is C26H37N5O6. The highest BCUT2D eigenvalue weighted by Gasteiger charge is 2.34. The Hall–Kier alpha value is -3.44. The summed E-state index contributed by atoms with van der Waals surface area (Å²) in [5.41, 5.74) is 1.60. The van der Waals surface area contributed by atoms with Crippen molar-refractivity contribution in [1.82, 2.24) is 26.3 Å². The van der Waals surface area contributed by atoms with Gasteiger partial charge in [0.2, 0.25) is 17.7 Å². The fourth-order valence-corrected chi connectivity index (χ4v) is 4.50. The number of aromatic nitrogens is 1. The van der Waals surface area contributed by atoms with Crippen molar-refractivity contribution in [1.29, 1.82) is 0 Å². The summed E-state index contributed by atoms with van der Waals surface area (Å²) in [7, 11) is 0. The van der Waals surface area contributed by atoms with E-state index < -0.39 is 54.0 Å². The molecular weight excluding hydrogens is 478 g/mol. The van der Waals surface area contributed by atoms with E-state index in [-0.39, 0.29) is 12.3 Å². The van der Waals surface area contributed by atoms with E-state index >= 15 is 0 Å². The third-order valence-corrected chi connectivity index (χ3v) is 6.95. The summed E-state index contributed by atoms with van der Waals surface area (Å²) in [6.45, 7) is 5.62. The molecule has 1 aromatic carbocycles. The summed E-state index contributed by atoms with van der Waals surface area (Å²) < 4.78 is 0. The van der Waals surface area contributed by atoms with Crippen molar-refractivity contribution in [2.45, 2.75) is 76.7 Å². The monoisotopic (exact) mass is 515 g/mol. The number of carboxylic acid groups (broad SMARTS) is 1. The van der Waals surface area contributed by atoms with Crippen molar-refractivity contribution < 1.29 is 29.4 Å².